The molecule has 2 heterocycles. The molecular formula is C14H23N3O3. The molecule has 20 heavy (non-hydrogen) atoms. The highest BCUT2D eigenvalue weighted by Crippen LogP contribution is 2.37. The molecule has 1 N–H and O–H groups in total. The summed E-state index contributed by atoms with van der Waals surface area (Å²) >= 11 is 0. The van der Waals surface area contributed by atoms with E-state index in [1.54, 1.807) is 23.3 Å². The van der Waals surface area contributed by atoms with Crippen LogP contribution in [0.4, 0.5) is 0 Å². The lowest BCUT2D eigenvalue weighted by Gasteiger charge is -2.50. The van der Waals surface area contributed by atoms with Crippen LogP contribution < -0.4 is 0 Å². The number of esters is 1. The van der Waals surface area contributed by atoms with Crippen LogP contribution in [-0.4, -0.2) is 43.0 Å². The van der Waals surface area contributed by atoms with Crippen molar-refractivity contribution in [1.29, 1.82) is 0 Å². The monoisotopic (exact) mass is 281 g/mol. The van der Waals surface area contributed by atoms with E-state index in [4.69, 9.17) is 4.74 Å². The van der Waals surface area contributed by atoms with E-state index >= 15 is 0 Å². The molecule has 0 aliphatic carbocycles. The molecule has 1 fully saturated rings. The van der Waals surface area contributed by atoms with Gasteiger partial charge in [-0.2, -0.15) is 5.06 Å². The van der Waals surface area contributed by atoms with Crippen molar-refractivity contribution >= 4 is 5.97 Å². The molecule has 0 amide bonds. The quantitative estimate of drug-likeness (QED) is 0.856. The lowest BCUT2D eigenvalue weighted by atomic mass is 9.80. The Hall–Kier alpha value is -1.40. The van der Waals surface area contributed by atoms with E-state index in [-0.39, 0.29) is 18.6 Å². The summed E-state index contributed by atoms with van der Waals surface area (Å²) in [5.74, 6) is -0.272. The molecule has 0 spiro atoms. The maximum atomic E-state index is 11.9. The number of aromatic nitrogens is 2. The molecule has 2 rings (SSSR count). The zero-order valence-corrected chi connectivity index (χ0v) is 12.5. The van der Waals surface area contributed by atoms with E-state index in [9.17, 15) is 10.0 Å². The fraction of sp³-hybridized carbons (Fsp3) is 0.714. The second-order valence-corrected chi connectivity index (χ2v) is 6.69. The molecule has 1 saturated heterocycles. The molecule has 0 atom stereocenters. The maximum absolute atomic E-state index is 11.9. The standard InChI is InChI=1S/C14H23N3O3/c1-13(2)7-11(8-14(3,4)17(13)19)20-12(18)9-16-6-5-15-10-16/h5-6,10-11,19H,7-9H2,1-4H3. The largest absolute Gasteiger partial charge is 0.461 e. The number of rotatable bonds is 3. The van der Waals surface area contributed by atoms with Crippen molar-refractivity contribution in [1.82, 2.24) is 14.6 Å². The van der Waals surface area contributed by atoms with Gasteiger partial charge in [-0.05, 0) is 27.7 Å². The van der Waals surface area contributed by atoms with Crippen LogP contribution in [0, 0.1) is 0 Å². The van der Waals surface area contributed by atoms with E-state index in [2.05, 4.69) is 4.98 Å². The first-order valence-electron chi connectivity index (χ1n) is 6.85. The van der Waals surface area contributed by atoms with Crippen LogP contribution in [0.3, 0.4) is 0 Å². The zero-order valence-electron chi connectivity index (χ0n) is 12.5. The molecule has 1 aromatic heterocycles. The average Bonchev–Trinajstić information content (AvgIpc) is 2.77. The summed E-state index contributed by atoms with van der Waals surface area (Å²) in [5.41, 5.74) is -0.830. The molecule has 0 unspecified atom stereocenters. The SMILES string of the molecule is CC1(C)CC(OC(=O)Cn2ccnc2)CC(C)(C)N1O. The molecule has 112 valence electrons. The Kier molecular flexibility index (Phi) is 3.88. The lowest BCUT2D eigenvalue weighted by molar-refractivity contribution is -0.259. The van der Waals surface area contributed by atoms with E-state index in [0.717, 1.165) is 0 Å². The molecule has 0 aromatic carbocycles. The molecular weight excluding hydrogens is 258 g/mol. The summed E-state index contributed by atoms with van der Waals surface area (Å²) in [6.45, 7) is 7.96. The van der Waals surface area contributed by atoms with Gasteiger partial charge in [-0.15, -0.1) is 0 Å². The molecule has 0 radical (unpaired) electrons. The van der Waals surface area contributed by atoms with Crippen molar-refractivity contribution in [2.45, 2.75) is 64.3 Å². The van der Waals surface area contributed by atoms with Gasteiger partial charge < -0.3 is 14.5 Å². The van der Waals surface area contributed by atoms with E-state index < -0.39 is 11.1 Å². The second-order valence-electron chi connectivity index (χ2n) is 6.69. The van der Waals surface area contributed by atoms with Crippen LogP contribution in [0.25, 0.3) is 0 Å². The van der Waals surface area contributed by atoms with Gasteiger partial charge in [0.1, 0.15) is 12.6 Å². The van der Waals surface area contributed by atoms with E-state index in [1.807, 2.05) is 27.7 Å². The summed E-state index contributed by atoms with van der Waals surface area (Å²) in [4.78, 5) is 15.8. The zero-order chi connectivity index (χ0) is 15.0. The van der Waals surface area contributed by atoms with Gasteiger partial charge in [0.15, 0.2) is 0 Å². The van der Waals surface area contributed by atoms with Crippen LogP contribution in [0.5, 0.6) is 0 Å². The third-order valence-corrected chi connectivity index (χ3v) is 3.77. The fourth-order valence-electron chi connectivity index (χ4n) is 3.01. The summed E-state index contributed by atoms with van der Waals surface area (Å²) in [6, 6.07) is 0. The Balaban J connectivity index is 1.98. The Morgan fingerprint density at radius 3 is 2.45 bits per heavy atom. The number of hydroxylamine groups is 2. The van der Waals surface area contributed by atoms with Gasteiger partial charge in [0.2, 0.25) is 0 Å². The Morgan fingerprint density at radius 1 is 1.35 bits per heavy atom. The van der Waals surface area contributed by atoms with Crippen molar-refractivity contribution < 1.29 is 14.7 Å². The lowest BCUT2D eigenvalue weighted by Crippen LogP contribution is -2.60. The van der Waals surface area contributed by atoms with Gasteiger partial charge in [-0.3, -0.25) is 4.79 Å². The van der Waals surface area contributed by atoms with Crippen LogP contribution in [0.1, 0.15) is 40.5 Å². The average molecular weight is 281 g/mol. The van der Waals surface area contributed by atoms with Crippen molar-refractivity contribution in [3.8, 4) is 0 Å². The summed E-state index contributed by atoms with van der Waals surface area (Å²) in [6.07, 6.45) is 5.99. The molecule has 0 bridgehead atoms. The van der Waals surface area contributed by atoms with Crippen LogP contribution >= 0.6 is 0 Å². The number of carbonyl (C=O) groups excluding carboxylic acids is 1. The van der Waals surface area contributed by atoms with E-state index in [0.29, 0.717) is 12.8 Å². The number of ether oxygens (including phenoxy) is 1. The molecule has 6 heteroatoms. The number of hydrogen-bond acceptors (Lipinski definition) is 5. The predicted molar refractivity (Wildman–Crippen MR) is 73.1 cm³/mol. The topological polar surface area (TPSA) is 67.6 Å². The second kappa shape index (κ2) is 5.18. The number of imidazole rings is 1. The van der Waals surface area contributed by atoms with Crippen LogP contribution in [0.2, 0.25) is 0 Å². The number of nitrogens with zero attached hydrogens (tertiary/aromatic N) is 3. The van der Waals surface area contributed by atoms with Crippen LogP contribution in [-0.2, 0) is 16.1 Å². The first-order chi connectivity index (χ1) is 9.21. The van der Waals surface area contributed by atoms with Crippen LogP contribution in [0.15, 0.2) is 18.7 Å². The van der Waals surface area contributed by atoms with Gasteiger partial charge in [0.25, 0.3) is 0 Å². The number of hydrogen-bond donors (Lipinski definition) is 1. The maximum Gasteiger partial charge on any atom is 0.326 e. The Morgan fingerprint density at radius 2 is 1.95 bits per heavy atom. The minimum absolute atomic E-state index is 0.167. The minimum Gasteiger partial charge on any atom is -0.461 e. The smallest absolute Gasteiger partial charge is 0.326 e. The summed E-state index contributed by atoms with van der Waals surface area (Å²) < 4.78 is 7.24. The first kappa shape index (κ1) is 15.0. The van der Waals surface area contributed by atoms with Gasteiger partial charge in [0, 0.05) is 36.3 Å². The van der Waals surface area contributed by atoms with Gasteiger partial charge in [-0.25, -0.2) is 4.98 Å². The van der Waals surface area contributed by atoms with Crippen molar-refractivity contribution in [2.75, 3.05) is 0 Å². The van der Waals surface area contributed by atoms with E-state index in [1.165, 1.54) is 5.06 Å². The van der Waals surface area contributed by atoms with Crippen molar-refractivity contribution in [3.05, 3.63) is 18.7 Å². The minimum atomic E-state index is -0.415. The molecule has 6 nitrogen and oxygen atoms in total. The fourth-order valence-corrected chi connectivity index (χ4v) is 3.01. The highest BCUT2D eigenvalue weighted by Gasteiger charge is 2.46. The molecule has 1 aromatic rings. The molecule has 1 aliphatic heterocycles. The van der Waals surface area contributed by atoms with Crippen molar-refractivity contribution in [2.24, 2.45) is 0 Å². The Labute approximate surface area is 119 Å². The first-order valence-corrected chi connectivity index (χ1v) is 6.85. The third kappa shape index (κ3) is 3.19. The molecule has 1 aliphatic rings. The molecule has 0 saturated carbocycles. The summed E-state index contributed by atoms with van der Waals surface area (Å²) in [5, 5.41) is 11.6. The van der Waals surface area contributed by atoms with Gasteiger partial charge in [0.05, 0.1) is 6.33 Å². The predicted octanol–water partition coefficient (Wildman–Crippen LogP) is 1.84. The Bertz CT molecular complexity index is 450. The number of carbonyl (C=O) groups is 1. The normalized spacial score (nSPS) is 22.6. The summed E-state index contributed by atoms with van der Waals surface area (Å²) in [7, 11) is 0. The van der Waals surface area contributed by atoms with Gasteiger partial charge >= 0.3 is 5.97 Å². The van der Waals surface area contributed by atoms with Gasteiger partial charge in [-0.1, -0.05) is 0 Å². The highest BCUT2D eigenvalue weighted by atomic mass is 16.5. The highest BCUT2D eigenvalue weighted by molar-refractivity contribution is 5.69. The number of piperidine rings is 1. The van der Waals surface area contributed by atoms with Crippen molar-refractivity contribution in [3.63, 3.8) is 0 Å². The third-order valence-electron chi connectivity index (χ3n) is 3.77.